The number of carbonyl (C=O) groups excluding carboxylic acids is 1. The largest absolute Gasteiger partial charge is 0.503 e. The third-order valence-electron chi connectivity index (χ3n) is 5.46. The summed E-state index contributed by atoms with van der Waals surface area (Å²) in [7, 11) is -1.61. The number of aromatic hydroxyl groups is 2. The highest BCUT2D eigenvalue weighted by Gasteiger charge is 2.25. The van der Waals surface area contributed by atoms with E-state index >= 15 is 0 Å². The van der Waals surface area contributed by atoms with Gasteiger partial charge in [-0.25, -0.2) is 8.42 Å². The monoisotopic (exact) mass is 504 g/mol. The van der Waals surface area contributed by atoms with Gasteiger partial charge in [-0.15, -0.1) is 0 Å². The van der Waals surface area contributed by atoms with Crippen LogP contribution in [0.1, 0.15) is 15.9 Å². The van der Waals surface area contributed by atoms with Crippen LogP contribution in [0.4, 0.5) is 0 Å². The number of aromatic nitrogens is 1. The second-order valence-corrected chi connectivity index (χ2v) is 10.6. The number of sulfonamides is 1. The van der Waals surface area contributed by atoms with Gasteiger partial charge in [-0.2, -0.15) is 4.31 Å². The molecule has 32 heavy (non-hydrogen) atoms. The van der Waals surface area contributed by atoms with E-state index in [9.17, 15) is 23.4 Å². The lowest BCUT2D eigenvalue weighted by Gasteiger charge is -2.33. The molecule has 2 N–H and O–H groups in total. The normalized spacial score (nSPS) is 15.8. The minimum absolute atomic E-state index is 0.00745. The summed E-state index contributed by atoms with van der Waals surface area (Å²) in [5.74, 6) is -1.31. The third-order valence-corrected chi connectivity index (χ3v) is 7.50. The van der Waals surface area contributed by atoms with E-state index in [1.54, 1.807) is 25.2 Å². The number of piperazine rings is 1. The molecular weight excluding hydrogens is 479 g/mol. The van der Waals surface area contributed by atoms with E-state index in [1.165, 1.54) is 26.2 Å². The highest BCUT2D eigenvalue weighted by molar-refractivity contribution is 7.88. The maximum absolute atomic E-state index is 12.8. The smallest absolute Gasteiger partial charge is 0.259 e. The highest BCUT2D eigenvalue weighted by Crippen LogP contribution is 2.32. The molecule has 0 saturated carbocycles. The Balaban J connectivity index is 1.62. The van der Waals surface area contributed by atoms with Crippen molar-refractivity contribution in [2.75, 3.05) is 46.0 Å². The summed E-state index contributed by atoms with van der Waals surface area (Å²) in [4.78, 5) is 16.3. The van der Waals surface area contributed by atoms with Crippen LogP contribution in [0, 0.1) is 0 Å². The van der Waals surface area contributed by atoms with E-state index in [-0.39, 0.29) is 18.0 Å². The lowest BCUT2D eigenvalue weighted by Crippen LogP contribution is -2.48. The zero-order valence-corrected chi connectivity index (χ0v) is 20.2. The van der Waals surface area contributed by atoms with Crippen molar-refractivity contribution in [1.29, 1.82) is 0 Å². The Labute approximate surface area is 197 Å². The summed E-state index contributed by atoms with van der Waals surface area (Å²) in [6.07, 6.45) is 2.62. The van der Waals surface area contributed by atoms with Gasteiger partial charge in [-0.05, 0) is 17.7 Å². The first kappa shape index (κ1) is 24.7. The molecule has 0 unspecified atom stereocenters. The molecule has 0 atom stereocenters. The molecule has 3 rings (SSSR count). The van der Waals surface area contributed by atoms with Crippen LogP contribution in [0.25, 0.3) is 0 Å². The summed E-state index contributed by atoms with van der Waals surface area (Å²) in [5, 5.41) is 21.4. The Morgan fingerprint density at radius 1 is 1.09 bits per heavy atom. The zero-order chi connectivity index (χ0) is 23.6. The van der Waals surface area contributed by atoms with Gasteiger partial charge in [-0.3, -0.25) is 9.69 Å². The molecule has 1 amide bonds. The Bertz CT molecular complexity index is 1100. The fraction of sp³-hybridized carbons (Fsp3) is 0.450. The average Bonchev–Trinajstić information content (AvgIpc) is 3.02. The van der Waals surface area contributed by atoms with E-state index in [1.807, 2.05) is 0 Å². The first-order chi connectivity index (χ1) is 15.0. The van der Waals surface area contributed by atoms with Gasteiger partial charge in [-0.1, -0.05) is 29.3 Å². The van der Waals surface area contributed by atoms with Crippen LogP contribution in [-0.4, -0.2) is 89.2 Å². The molecule has 9 nitrogen and oxygen atoms in total. The predicted molar refractivity (Wildman–Crippen MR) is 123 cm³/mol. The van der Waals surface area contributed by atoms with Gasteiger partial charge in [0.1, 0.15) is 5.56 Å². The van der Waals surface area contributed by atoms with Crippen molar-refractivity contribution in [3.05, 3.63) is 45.6 Å². The number of halogens is 2. The van der Waals surface area contributed by atoms with Crippen LogP contribution in [-0.2, 0) is 23.1 Å². The molecule has 176 valence electrons. The molecule has 2 aromatic rings. The van der Waals surface area contributed by atoms with Crippen molar-refractivity contribution < 1.29 is 23.4 Å². The van der Waals surface area contributed by atoms with Crippen LogP contribution in [0.2, 0.25) is 10.0 Å². The van der Waals surface area contributed by atoms with Crippen molar-refractivity contribution in [2.45, 2.75) is 13.1 Å². The molecule has 0 spiro atoms. The van der Waals surface area contributed by atoms with E-state index in [0.717, 1.165) is 5.56 Å². The molecular formula is C20H26Cl2N4O5S. The SMILES string of the molecule is CN(Cc1ccc(Cl)c(Cl)c1)C(=O)c1cn(CCN2CCN(S(C)(=O)=O)CC2)c(O)c1O. The standard InChI is InChI=1S/C20H26Cl2N4O5S/c1-23(12-14-3-4-16(21)17(22)11-14)19(28)15-13-25(20(29)18(15)27)8-5-24-6-9-26(10-7-24)32(2,30)31/h3-4,11,13,27,29H,5-10,12H2,1-2H3. The Morgan fingerprint density at radius 2 is 1.75 bits per heavy atom. The van der Waals surface area contributed by atoms with Crippen molar-refractivity contribution in [3.63, 3.8) is 0 Å². The van der Waals surface area contributed by atoms with Gasteiger partial charge in [0, 0.05) is 59.1 Å². The average molecular weight is 505 g/mol. The Morgan fingerprint density at radius 3 is 2.34 bits per heavy atom. The Kier molecular flexibility index (Phi) is 7.61. The van der Waals surface area contributed by atoms with Crippen LogP contribution >= 0.6 is 23.2 Å². The minimum atomic E-state index is -3.20. The third kappa shape index (κ3) is 5.68. The summed E-state index contributed by atoms with van der Waals surface area (Å²) in [6, 6.07) is 5.07. The fourth-order valence-corrected chi connectivity index (χ4v) is 4.73. The van der Waals surface area contributed by atoms with Gasteiger partial charge in [0.05, 0.1) is 16.3 Å². The summed E-state index contributed by atoms with van der Waals surface area (Å²) < 4.78 is 26.1. The molecule has 1 saturated heterocycles. The maximum atomic E-state index is 12.8. The molecule has 1 fully saturated rings. The molecule has 1 aliphatic heterocycles. The van der Waals surface area contributed by atoms with Gasteiger partial charge in [0.25, 0.3) is 5.91 Å². The number of amides is 1. The molecule has 12 heteroatoms. The van der Waals surface area contributed by atoms with Crippen molar-refractivity contribution in [2.24, 2.45) is 0 Å². The molecule has 0 radical (unpaired) electrons. The topological polar surface area (TPSA) is 106 Å². The maximum Gasteiger partial charge on any atom is 0.259 e. The zero-order valence-electron chi connectivity index (χ0n) is 17.8. The predicted octanol–water partition coefficient (Wildman–Crippen LogP) is 2.06. The van der Waals surface area contributed by atoms with Crippen molar-refractivity contribution >= 4 is 39.1 Å². The Hall–Kier alpha value is -1.98. The fourth-order valence-electron chi connectivity index (χ4n) is 3.58. The number of hydrogen-bond donors (Lipinski definition) is 2. The first-order valence-electron chi connectivity index (χ1n) is 9.95. The van der Waals surface area contributed by atoms with Gasteiger partial charge in [0.2, 0.25) is 15.9 Å². The number of benzene rings is 1. The minimum Gasteiger partial charge on any atom is -0.503 e. The van der Waals surface area contributed by atoms with E-state index < -0.39 is 21.7 Å². The molecule has 1 aliphatic rings. The van der Waals surface area contributed by atoms with Gasteiger partial charge >= 0.3 is 0 Å². The van der Waals surface area contributed by atoms with Crippen LogP contribution in [0.5, 0.6) is 11.6 Å². The second-order valence-electron chi connectivity index (χ2n) is 7.82. The summed E-state index contributed by atoms with van der Waals surface area (Å²) in [6.45, 7) is 3.06. The second kappa shape index (κ2) is 9.88. The lowest BCUT2D eigenvalue weighted by molar-refractivity contribution is 0.0782. The lowest BCUT2D eigenvalue weighted by atomic mass is 10.2. The number of nitrogens with zero attached hydrogens (tertiary/aromatic N) is 4. The number of rotatable bonds is 7. The van der Waals surface area contributed by atoms with Crippen LogP contribution in [0.15, 0.2) is 24.4 Å². The molecule has 1 aromatic carbocycles. The number of carbonyl (C=O) groups is 1. The molecule has 0 bridgehead atoms. The van der Waals surface area contributed by atoms with E-state index in [0.29, 0.717) is 49.3 Å². The summed E-state index contributed by atoms with van der Waals surface area (Å²) >= 11 is 11.9. The molecule has 0 aliphatic carbocycles. The molecule has 2 heterocycles. The molecule has 1 aromatic heterocycles. The first-order valence-corrected chi connectivity index (χ1v) is 12.6. The van der Waals surface area contributed by atoms with Crippen LogP contribution < -0.4 is 0 Å². The number of hydrogen-bond acceptors (Lipinski definition) is 6. The van der Waals surface area contributed by atoms with Crippen molar-refractivity contribution in [1.82, 2.24) is 18.7 Å². The van der Waals surface area contributed by atoms with Gasteiger partial charge in [0.15, 0.2) is 5.75 Å². The highest BCUT2D eigenvalue weighted by atomic mass is 35.5. The quantitative estimate of drug-likeness (QED) is 0.597. The van der Waals surface area contributed by atoms with Gasteiger partial charge < -0.3 is 19.7 Å². The van der Waals surface area contributed by atoms with Crippen molar-refractivity contribution in [3.8, 4) is 11.6 Å². The van der Waals surface area contributed by atoms with Crippen LogP contribution in [0.3, 0.4) is 0 Å². The summed E-state index contributed by atoms with van der Waals surface area (Å²) in [5.41, 5.74) is 0.763. The van der Waals surface area contributed by atoms with E-state index in [4.69, 9.17) is 23.2 Å². The van der Waals surface area contributed by atoms with E-state index in [2.05, 4.69) is 4.90 Å².